The van der Waals surface area contributed by atoms with Gasteiger partial charge in [0.1, 0.15) is 5.75 Å². The first-order valence-electron chi connectivity index (χ1n) is 8.81. The van der Waals surface area contributed by atoms with E-state index in [-0.39, 0.29) is 11.6 Å². The second kappa shape index (κ2) is 9.61. The molecule has 0 bridgehead atoms. The number of aromatic nitrogens is 2. The van der Waals surface area contributed by atoms with Crippen molar-refractivity contribution >= 4 is 17.4 Å². The summed E-state index contributed by atoms with van der Waals surface area (Å²) in [5.74, 6) is 1.14. The molecule has 1 N–H and O–H groups in total. The Kier molecular flexibility index (Phi) is 7.19. The van der Waals surface area contributed by atoms with Crippen LogP contribution in [0.4, 0.5) is 11.5 Å². The molecule has 2 rings (SSSR count). The number of nitrogens with zero attached hydrogens (tertiary/aromatic N) is 3. The van der Waals surface area contributed by atoms with E-state index >= 15 is 0 Å². The van der Waals surface area contributed by atoms with Crippen LogP contribution in [-0.4, -0.2) is 35.8 Å². The van der Waals surface area contributed by atoms with Crippen LogP contribution >= 0.6 is 0 Å². The summed E-state index contributed by atoms with van der Waals surface area (Å²) in [5.41, 5.74) is 0.904. The van der Waals surface area contributed by atoms with Crippen molar-refractivity contribution in [1.82, 2.24) is 10.2 Å². The Balaban J connectivity index is 2.10. The lowest BCUT2D eigenvalue weighted by Crippen LogP contribution is -2.26. The third kappa shape index (κ3) is 5.17. The molecule has 2 aromatic rings. The predicted octanol–water partition coefficient (Wildman–Crippen LogP) is 3.75. The number of para-hydroxylation sites is 2. The summed E-state index contributed by atoms with van der Waals surface area (Å²) in [6, 6.07) is 10.9. The van der Waals surface area contributed by atoms with E-state index in [1.165, 1.54) is 0 Å². The molecule has 0 aliphatic rings. The Labute approximate surface area is 149 Å². The second-order valence-corrected chi connectivity index (χ2v) is 5.65. The average molecular weight is 342 g/mol. The van der Waals surface area contributed by atoms with Gasteiger partial charge in [-0.1, -0.05) is 26.0 Å². The number of anilines is 2. The third-order valence-electron chi connectivity index (χ3n) is 3.63. The lowest BCUT2D eigenvalue weighted by molar-refractivity contribution is 0.102. The highest BCUT2D eigenvalue weighted by molar-refractivity contribution is 6.03. The number of nitrogens with one attached hydrogen (secondary N) is 1. The molecular formula is C19H26N4O2. The van der Waals surface area contributed by atoms with Gasteiger partial charge in [0.15, 0.2) is 11.5 Å². The van der Waals surface area contributed by atoms with Crippen LogP contribution in [0, 0.1) is 0 Å². The van der Waals surface area contributed by atoms with Crippen molar-refractivity contribution < 1.29 is 9.53 Å². The van der Waals surface area contributed by atoms with E-state index in [9.17, 15) is 4.79 Å². The molecule has 134 valence electrons. The minimum atomic E-state index is -0.302. The van der Waals surface area contributed by atoms with E-state index in [0.717, 1.165) is 31.7 Å². The van der Waals surface area contributed by atoms with Crippen LogP contribution in [0.2, 0.25) is 0 Å². The molecule has 0 radical (unpaired) electrons. The van der Waals surface area contributed by atoms with Gasteiger partial charge >= 0.3 is 0 Å². The van der Waals surface area contributed by atoms with Crippen LogP contribution < -0.4 is 15.0 Å². The van der Waals surface area contributed by atoms with Gasteiger partial charge in [-0.05, 0) is 44.0 Å². The molecule has 6 nitrogen and oxygen atoms in total. The largest absolute Gasteiger partial charge is 0.492 e. The van der Waals surface area contributed by atoms with Gasteiger partial charge in [0.2, 0.25) is 0 Å². The van der Waals surface area contributed by atoms with E-state index in [0.29, 0.717) is 18.0 Å². The normalized spacial score (nSPS) is 10.4. The zero-order valence-electron chi connectivity index (χ0n) is 15.2. The lowest BCUT2D eigenvalue weighted by Gasteiger charge is -2.21. The summed E-state index contributed by atoms with van der Waals surface area (Å²) in [7, 11) is 0. The summed E-state index contributed by atoms with van der Waals surface area (Å²) in [6.45, 7) is 8.56. The topological polar surface area (TPSA) is 67.4 Å². The lowest BCUT2D eigenvalue weighted by atomic mass is 10.2. The Morgan fingerprint density at radius 1 is 1.04 bits per heavy atom. The molecule has 0 saturated heterocycles. The summed E-state index contributed by atoms with van der Waals surface area (Å²) in [4.78, 5) is 14.6. The van der Waals surface area contributed by atoms with Crippen molar-refractivity contribution in [2.24, 2.45) is 0 Å². The van der Waals surface area contributed by atoms with Crippen LogP contribution in [0.15, 0.2) is 36.4 Å². The summed E-state index contributed by atoms with van der Waals surface area (Å²) < 4.78 is 5.52. The van der Waals surface area contributed by atoms with Crippen molar-refractivity contribution in [1.29, 1.82) is 0 Å². The summed E-state index contributed by atoms with van der Waals surface area (Å²) in [5, 5.41) is 11.1. The second-order valence-electron chi connectivity index (χ2n) is 5.65. The number of hydrogen-bond donors (Lipinski definition) is 1. The summed E-state index contributed by atoms with van der Waals surface area (Å²) >= 11 is 0. The molecule has 1 aromatic carbocycles. The molecular weight excluding hydrogens is 316 g/mol. The number of carbonyl (C=O) groups excluding carboxylic acids is 1. The average Bonchev–Trinajstić information content (AvgIpc) is 2.63. The standard InChI is InChI=1S/C19H26N4O2/c1-4-13-23(14-5-2)18-12-11-16(21-22-18)19(24)20-15-9-7-8-10-17(15)25-6-3/h7-12H,4-6,13-14H2,1-3H3,(H,20,24). The fourth-order valence-corrected chi connectivity index (χ4v) is 2.53. The molecule has 0 atom stereocenters. The van der Waals surface area contributed by atoms with Crippen molar-refractivity contribution in [2.75, 3.05) is 29.9 Å². The van der Waals surface area contributed by atoms with E-state index in [1.807, 2.05) is 31.2 Å². The molecule has 0 aliphatic carbocycles. The van der Waals surface area contributed by atoms with Crippen LogP contribution in [0.3, 0.4) is 0 Å². The third-order valence-corrected chi connectivity index (χ3v) is 3.63. The van der Waals surface area contributed by atoms with Crippen molar-refractivity contribution in [3.8, 4) is 5.75 Å². The van der Waals surface area contributed by atoms with Gasteiger partial charge in [-0.2, -0.15) is 0 Å². The van der Waals surface area contributed by atoms with Crippen LogP contribution in [-0.2, 0) is 0 Å². The Hall–Kier alpha value is -2.63. The molecule has 0 saturated carbocycles. The molecule has 1 aromatic heterocycles. The SMILES string of the molecule is CCCN(CCC)c1ccc(C(=O)Nc2ccccc2OCC)nn1. The first-order valence-corrected chi connectivity index (χ1v) is 8.81. The molecule has 0 unspecified atom stereocenters. The highest BCUT2D eigenvalue weighted by Crippen LogP contribution is 2.24. The van der Waals surface area contributed by atoms with Crippen molar-refractivity contribution in [3.05, 3.63) is 42.1 Å². The van der Waals surface area contributed by atoms with E-state index < -0.39 is 0 Å². The van der Waals surface area contributed by atoms with Crippen molar-refractivity contribution in [2.45, 2.75) is 33.6 Å². The van der Waals surface area contributed by atoms with Gasteiger partial charge < -0.3 is 15.0 Å². The minimum Gasteiger partial charge on any atom is -0.492 e. The monoisotopic (exact) mass is 342 g/mol. The zero-order valence-corrected chi connectivity index (χ0v) is 15.2. The maximum atomic E-state index is 12.4. The van der Waals surface area contributed by atoms with Gasteiger partial charge in [0.25, 0.3) is 5.91 Å². The molecule has 1 heterocycles. The number of carbonyl (C=O) groups is 1. The van der Waals surface area contributed by atoms with Gasteiger partial charge in [-0.3, -0.25) is 4.79 Å². The number of benzene rings is 1. The Bertz CT molecular complexity index is 667. The van der Waals surface area contributed by atoms with Crippen LogP contribution in [0.5, 0.6) is 5.75 Å². The fourth-order valence-electron chi connectivity index (χ4n) is 2.53. The fraction of sp³-hybridized carbons (Fsp3) is 0.421. The number of ether oxygens (including phenoxy) is 1. The van der Waals surface area contributed by atoms with Gasteiger partial charge in [0, 0.05) is 13.1 Å². The Morgan fingerprint density at radius 2 is 1.76 bits per heavy atom. The zero-order chi connectivity index (χ0) is 18.1. The molecule has 6 heteroatoms. The smallest absolute Gasteiger partial charge is 0.276 e. The van der Waals surface area contributed by atoms with Gasteiger partial charge in [-0.15, -0.1) is 10.2 Å². The molecule has 25 heavy (non-hydrogen) atoms. The van der Waals surface area contributed by atoms with E-state index in [1.54, 1.807) is 12.1 Å². The maximum absolute atomic E-state index is 12.4. The van der Waals surface area contributed by atoms with Crippen LogP contribution in [0.25, 0.3) is 0 Å². The summed E-state index contributed by atoms with van der Waals surface area (Å²) in [6.07, 6.45) is 2.08. The minimum absolute atomic E-state index is 0.281. The maximum Gasteiger partial charge on any atom is 0.276 e. The molecule has 0 aliphatic heterocycles. The van der Waals surface area contributed by atoms with Crippen LogP contribution in [0.1, 0.15) is 44.1 Å². The number of hydrogen-bond acceptors (Lipinski definition) is 5. The number of rotatable bonds is 9. The van der Waals surface area contributed by atoms with Crippen molar-refractivity contribution in [3.63, 3.8) is 0 Å². The van der Waals surface area contributed by atoms with E-state index in [2.05, 4.69) is 34.3 Å². The highest BCUT2D eigenvalue weighted by atomic mass is 16.5. The van der Waals surface area contributed by atoms with Gasteiger partial charge in [-0.25, -0.2) is 0 Å². The molecule has 1 amide bonds. The highest BCUT2D eigenvalue weighted by Gasteiger charge is 2.13. The Morgan fingerprint density at radius 3 is 2.36 bits per heavy atom. The van der Waals surface area contributed by atoms with E-state index in [4.69, 9.17) is 4.74 Å². The first kappa shape index (κ1) is 18.7. The van der Waals surface area contributed by atoms with Gasteiger partial charge in [0.05, 0.1) is 12.3 Å². The predicted molar refractivity (Wildman–Crippen MR) is 100 cm³/mol. The molecule has 0 fully saturated rings. The first-order chi connectivity index (χ1) is 12.2. The quantitative estimate of drug-likeness (QED) is 0.751. The number of amides is 1. The molecule has 0 spiro atoms.